The minimum atomic E-state index is 0.544. The standard InChI is InChI=1S/C30H51N2/c1-4-5-6-7-8-9-10-11-12-13-14-15-19-24-30-31(26-27-32(30)28(2)3)25-20-23-29-21-17-16-18-22-29/h16-18,21-22,26-28H,4-15,19-20,23-25H2,1-3H3/q+1. The van der Waals surface area contributed by atoms with E-state index in [2.05, 4.69) is 72.6 Å². The average Bonchev–Trinajstić information content (AvgIpc) is 3.20. The first-order chi connectivity index (χ1) is 15.7. The van der Waals surface area contributed by atoms with E-state index < -0.39 is 0 Å². The highest BCUT2D eigenvalue weighted by Gasteiger charge is 2.18. The molecule has 0 saturated carbocycles. The maximum absolute atomic E-state index is 2.52. The van der Waals surface area contributed by atoms with E-state index in [1.54, 1.807) is 0 Å². The van der Waals surface area contributed by atoms with Crippen LogP contribution in [-0.4, -0.2) is 4.57 Å². The van der Waals surface area contributed by atoms with Crippen molar-refractivity contribution in [3.63, 3.8) is 0 Å². The summed E-state index contributed by atoms with van der Waals surface area (Å²) in [5.41, 5.74) is 1.45. The van der Waals surface area contributed by atoms with E-state index in [0.717, 1.165) is 6.54 Å². The van der Waals surface area contributed by atoms with E-state index in [0.29, 0.717) is 6.04 Å². The molecule has 0 N–H and O–H groups in total. The lowest BCUT2D eigenvalue weighted by Crippen LogP contribution is -2.37. The Kier molecular flexibility index (Phi) is 14.2. The average molecular weight is 440 g/mol. The minimum Gasteiger partial charge on any atom is -0.234 e. The summed E-state index contributed by atoms with van der Waals surface area (Å²) >= 11 is 0. The van der Waals surface area contributed by atoms with Crippen LogP contribution in [-0.2, 0) is 19.4 Å². The first-order valence-corrected chi connectivity index (χ1v) is 13.9. The van der Waals surface area contributed by atoms with Gasteiger partial charge in [0.05, 0.1) is 12.6 Å². The molecule has 1 aromatic heterocycles. The molecule has 0 unspecified atom stereocenters. The molecule has 32 heavy (non-hydrogen) atoms. The number of aromatic nitrogens is 2. The highest BCUT2D eigenvalue weighted by Crippen LogP contribution is 2.15. The molecule has 0 radical (unpaired) electrons. The summed E-state index contributed by atoms with van der Waals surface area (Å²) < 4.78 is 5.01. The molecule has 0 aliphatic rings. The molecular weight excluding hydrogens is 388 g/mol. The Balaban J connectivity index is 1.59. The van der Waals surface area contributed by atoms with Gasteiger partial charge in [-0.15, -0.1) is 0 Å². The van der Waals surface area contributed by atoms with Crippen LogP contribution in [0, 0.1) is 0 Å². The fourth-order valence-electron chi connectivity index (χ4n) is 4.82. The van der Waals surface area contributed by atoms with Gasteiger partial charge in [0.25, 0.3) is 5.82 Å². The molecule has 0 aliphatic heterocycles. The molecule has 0 bridgehead atoms. The lowest BCUT2D eigenvalue weighted by Gasteiger charge is -2.08. The second kappa shape index (κ2) is 17.0. The Morgan fingerprint density at radius 2 is 1.25 bits per heavy atom. The predicted molar refractivity (Wildman–Crippen MR) is 139 cm³/mol. The largest absolute Gasteiger partial charge is 0.256 e. The molecule has 2 nitrogen and oxygen atoms in total. The Morgan fingerprint density at radius 3 is 1.81 bits per heavy atom. The Bertz CT molecular complexity index is 686. The summed E-state index contributed by atoms with van der Waals surface area (Å²) in [7, 11) is 0. The van der Waals surface area contributed by atoms with Gasteiger partial charge in [-0.2, -0.15) is 0 Å². The van der Waals surface area contributed by atoms with Crippen LogP contribution in [0.5, 0.6) is 0 Å². The topological polar surface area (TPSA) is 8.81 Å². The molecule has 180 valence electrons. The normalized spacial score (nSPS) is 11.5. The van der Waals surface area contributed by atoms with Gasteiger partial charge in [-0.05, 0) is 38.7 Å². The number of benzene rings is 1. The number of imidazole rings is 1. The summed E-state index contributed by atoms with van der Waals surface area (Å²) in [5, 5.41) is 0. The van der Waals surface area contributed by atoms with Crippen LogP contribution in [0.4, 0.5) is 0 Å². The van der Waals surface area contributed by atoms with E-state index in [1.807, 2.05) is 0 Å². The van der Waals surface area contributed by atoms with Crippen molar-refractivity contribution in [2.24, 2.45) is 0 Å². The second-order valence-corrected chi connectivity index (χ2v) is 9.99. The third kappa shape index (κ3) is 10.8. The first kappa shape index (κ1) is 26.7. The lowest BCUT2D eigenvalue weighted by molar-refractivity contribution is -0.704. The fraction of sp³-hybridized carbons (Fsp3) is 0.700. The SMILES string of the molecule is CCCCCCCCCCCCCCCc1n(C(C)C)cc[n+]1CCCc1ccccc1. The highest BCUT2D eigenvalue weighted by molar-refractivity contribution is 5.14. The molecule has 1 heterocycles. The van der Waals surface area contributed by atoms with Gasteiger partial charge in [-0.25, -0.2) is 9.13 Å². The maximum atomic E-state index is 2.52. The minimum absolute atomic E-state index is 0.544. The van der Waals surface area contributed by atoms with Crippen molar-refractivity contribution in [3.05, 3.63) is 54.1 Å². The number of hydrogen-bond acceptors (Lipinski definition) is 0. The van der Waals surface area contributed by atoms with Crippen molar-refractivity contribution in [1.29, 1.82) is 0 Å². The molecule has 0 saturated heterocycles. The Labute approximate surface area is 199 Å². The monoisotopic (exact) mass is 439 g/mol. The van der Waals surface area contributed by atoms with E-state index in [-0.39, 0.29) is 0 Å². The zero-order chi connectivity index (χ0) is 22.9. The van der Waals surface area contributed by atoms with E-state index >= 15 is 0 Å². The van der Waals surface area contributed by atoms with Crippen LogP contribution in [0.3, 0.4) is 0 Å². The third-order valence-electron chi connectivity index (χ3n) is 6.80. The zero-order valence-corrected chi connectivity index (χ0v) is 21.5. The van der Waals surface area contributed by atoms with Crippen LogP contribution < -0.4 is 4.57 Å². The Hall–Kier alpha value is -1.57. The predicted octanol–water partition coefficient (Wildman–Crippen LogP) is 8.62. The molecule has 2 aromatic rings. The third-order valence-corrected chi connectivity index (χ3v) is 6.80. The molecule has 0 aliphatic carbocycles. The van der Waals surface area contributed by atoms with Crippen LogP contribution in [0.15, 0.2) is 42.7 Å². The molecule has 0 atom stereocenters. The molecule has 0 amide bonds. The van der Waals surface area contributed by atoms with E-state index in [1.165, 1.54) is 114 Å². The summed E-state index contributed by atoms with van der Waals surface area (Å²) in [6.07, 6.45) is 26.7. The maximum Gasteiger partial charge on any atom is 0.256 e. The molecule has 1 aromatic carbocycles. The summed E-state index contributed by atoms with van der Waals surface area (Å²) in [5.74, 6) is 1.52. The number of aryl methyl sites for hydroxylation is 2. The van der Waals surface area contributed by atoms with Crippen molar-refractivity contribution in [3.8, 4) is 0 Å². The van der Waals surface area contributed by atoms with E-state index in [9.17, 15) is 0 Å². The fourth-order valence-corrected chi connectivity index (χ4v) is 4.82. The number of hydrogen-bond donors (Lipinski definition) is 0. The van der Waals surface area contributed by atoms with Gasteiger partial charge < -0.3 is 0 Å². The lowest BCUT2D eigenvalue weighted by atomic mass is 10.0. The van der Waals surface area contributed by atoms with Crippen LogP contribution in [0.1, 0.15) is 128 Å². The molecule has 0 fully saturated rings. The van der Waals surface area contributed by atoms with Crippen molar-refractivity contribution in [2.75, 3.05) is 0 Å². The zero-order valence-electron chi connectivity index (χ0n) is 21.5. The smallest absolute Gasteiger partial charge is 0.234 e. The van der Waals surface area contributed by atoms with Gasteiger partial charge in [0, 0.05) is 6.42 Å². The first-order valence-electron chi connectivity index (χ1n) is 13.9. The quantitative estimate of drug-likeness (QED) is 0.153. The number of unbranched alkanes of at least 4 members (excludes halogenated alkanes) is 12. The number of nitrogens with zero attached hydrogens (tertiary/aromatic N) is 2. The summed E-state index contributed by atoms with van der Waals surface area (Å²) in [6, 6.07) is 11.4. The van der Waals surface area contributed by atoms with E-state index in [4.69, 9.17) is 0 Å². The summed E-state index contributed by atoms with van der Waals surface area (Å²) in [4.78, 5) is 0. The van der Waals surface area contributed by atoms with Gasteiger partial charge in [-0.3, -0.25) is 0 Å². The molecule has 0 spiro atoms. The molecule has 2 rings (SSSR count). The second-order valence-electron chi connectivity index (χ2n) is 9.99. The van der Waals surface area contributed by atoms with Gasteiger partial charge in [0.1, 0.15) is 12.4 Å². The van der Waals surface area contributed by atoms with Crippen LogP contribution >= 0.6 is 0 Å². The highest BCUT2D eigenvalue weighted by atomic mass is 15.2. The van der Waals surface area contributed by atoms with Gasteiger partial charge in [0.2, 0.25) is 0 Å². The summed E-state index contributed by atoms with van der Waals surface area (Å²) in [6.45, 7) is 8.04. The van der Waals surface area contributed by atoms with Gasteiger partial charge in [0.15, 0.2) is 0 Å². The Morgan fingerprint density at radius 1 is 0.688 bits per heavy atom. The van der Waals surface area contributed by atoms with Crippen molar-refractivity contribution in [1.82, 2.24) is 4.57 Å². The van der Waals surface area contributed by atoms with Crippen LogP contribution in [0.2, 0.25) is 0 Å². The molecule has 2 heteroatoms. The molecular formula is C30H51N2+. The van der Waals surface area contributed by atoms with Crippen molar-refractivity contribution in [2.45, 2.75) is 136 Å². The van der Waals surface area contributed by atoms with Gasteiger partial charge in [-0.1, -0.05) is 114 Å². The van der Waals surface area contributed by atoms with Crippen molar-refractivity contribution >= 4 is 0 Å². The van der Waals surface area contributed by atoms with Gasteiger partial charge >= 0.3 is 0 Å². The number of rotatable bonds is 19. The van der Waals surface area contributed by atoms with Crippen LogP contribution in [0.25, 0.3) is 0 Å². The van der Waals surface area contributed by atoms with Crippen molar-refractivity contribution < 1.29 is 4.57 Å².